The normalized spacial score (nSPS) is 29.5. The van der Waals surface area contributed by atoms with Crippen LogP contribution < -0.4 is 4.70 Å². The van der Waals surface area contributed by atoms with E-state index in [0.717, 1.165) is 155 Å². The van der Waals surface area contributed by atoms with Crippen LogP contribution in [0.25, 0.3) is 0 Å². The van der Waals surface area contributed by atoms with E-state index in [1.54, 1.807) is 12.2 Å². The number of aliphatic carboxylic acids is 1. The van der Waals surface area contributed by atoms with Gasteiger partial charge >= 0.3 is 35.8 Å². The third-order valence-corrected chi connectivity index (χ3v) is 22.2. The second-order valence-electron chi connectivity index (χ2n) is 32.8. The van der Waals surface area contributed by atoms with E-state index in [4.69, 9.17) is 66.7 Å². The molecule has 122 heavy (non-hydrogen) atoms. The molecule has 10 N–H and O–H groups in total. The maximum atomic E-state index is 12.8. The quantitative estimate of drug-likeness (QED) is 0.0117. The smallest absolute Gasteiger partial charge is 0.306 e. The van der Waals surface area contributed by atoms with Crippen molar-refractivity contribution in [2.75, 3.05) is 26.4 Å². The van der Waals surface area contributed by atoms with Crippen molar-refractivity contribution in [3.63, 3.8) is 0 Å². The lowest BCUT2D eigenvalue weighted by Gasteiger charge is -2.47. The fourth-order valence-electron chi connectivity index (χ4n) is 14.9. The van der Waals surface area contributed by atoms with Crippen LogP contribution in [0.5, 0.6) is 0 Å². The van der Waals surface area contributed by atoms with Gasteiger partial charge in [0.2, 0.25) is 0 Å². The number of carbonyl (C=O) groups excluding carboxylic acids is 5. The Kier molecular flexibility index (Phi) is 64.6. The number of aliphatic hydroxyl groups is 9. The molecule has 6 aliphatic rings. The van der Waals surface area contributed by atoms with Gasteiger partial charge in [-0.3, -0.25) is 28.8 Å². The molecule has 0 aliphatic carbocycles. The average Bonchev–Trinajstić information content (AvgIpc) is 0.782. The van der Waals surface area contributed by atoms with Gasteiger partial charge in [-0.25, -0.2) is 0 Å². The summed E-state index contributed by atoms with van der Waals surface area (Å²) in [7, 11) is 0. The lowest BCUT2D eigenvalue weighted by Crippen LogP contribution is -3.00. The van der Waals surface area contributed by atoms with Crippen LogP contribution in [0.4, 0.5) is 0 Å². The monoisotopic (exact) mass is 1750 g/mol. The molecular weight excluding hydrogens is 1590 g/mol. The number of carboxylic acid groups (broad SMARTS) is 1. The SMILES string of the molecule is C=CC(CCCCCCC/C=C\CCCCCCCC(=O)O)O[C@@H]1OC(COC(C)=O)[C@@H](O)[C@H](O)C1O[C@@H]1OC(COC(C)=O)[C@@H](O)[C@H](O)C1O.C=CC1CCCCCCC/C=C\CCCCCCCC(=O)O[C@@H]2C(COC(C)=O)O[C@@H](OC3[C@H](O1)OC(COC(C)=O)[C@@H](O)[C@@H]3O)C(O)[C@H]2O.C=CCCCCCCCCCCCCCCCCCC.[F-]. The van der Waals surface area contributed by atoms with E-state index >= 15 is 0 Å². The van der Waals surface area contributed by atoms with Gasteiger partial charge in [0.25, 0.3) is 0 Å². The van der Waals surface area contributed by atoms with Crippen LogP contribution in [0.3, 0.4) is 0 Å². The zero-order valence-corrected chi connectivity index (χ0v) is 74.1. The number of aliphatic hydroxyl groups excluding tert-OH is 9. The molecule has 6 rings (SSSR count). The van der Waals surface area contributed by atoms with Crippen molar-refractivity contribution >= 4 is 35.8 Å². The number of esters is 5. The van der Waals surface area contributed by atoms with E-state index in [-0.39, 0.29) is 30.8 Å². The summed E-state index contributed by atoms with van der Waals surface area (Å²) in [6.45, 7) is 16.8. The van der Waals surface area contributed by atoms with Gasteiger partial charge in [-0.2, -0.15) is 0 Å². The summed E-state index contributed by atoms with van der Waals surface area (Å²) in [4.78, 5) is 69.2. The summed E-state index contributed by atoms with van der Waals surface area (Å²) >= 11 is 0. The summed E-state index contributed by atoms with van der Waals surface area (Å²) in [5.74, 6) is -3.91. The predicted molar refractivity (Wildman–Crippen MR) is 455 cm³/mol. The molecule has 708 valence electrons. The van der Waals surface area contributed by atoms with E-state index in [0.29, 0.717) is 19.3 Å². The van der Waals surface area contributed by atoms with Crippen LogP contribution in [0.15, 0.2) is 62.3 Å². The molecule has 0 aromatic heterocycles. The van der Waals surface area contributed by atoms with Gasteiger partial charge in [-0.1, -0.05) is 236 Å². The van der Waals surface area contributed by atoms with Crippen LogP contribution in [0, 0.1) is 0 Å². The number of carbonyl (C=O) groups is 6. The second kappa shape index (κ2) is 69.8. The highest BCUT2D eigenvalue weighted by Crippen LogP contribution is 2.35. The highest BCUT2D eigenvalue weighted by atomic mass is 19.0. The first-order chi connectivity index (χ1) is 58.3. The van der Waals surface area contributed by atoms with Crippen molar-refractivity contribution in [1.82, 2.24) is 0 Å². The molecule has 10 unspecified atom stereocenters. The fourth-order valence-corrected chi connectivity index (χ4v) is 14.9. The first-order valence-corrected chi connectivity index (χ1v) is 45.8. The molecule has 2 bridgehead atoms. The number of carboxylic acids is 1. The number of hydrogen-bond acceptors (Lipinski definition) is 28. The van der Waals surface area contributed by atoms with Gasteiger partial charge in [0.1, 0.15) is 118 Å². The van der Waals surface area contributed by atoms with Crippen molar-refractivity contribution in [3.8, 4) is 0 Å². The molecule has 0 radical (unpaired) electrons. The first-order valence-electron chi connectivity index (χ1n) is 45.8. The number of allylic oxidation sites excluding steroid dienone is 5. The van der Waals surface area contributed by atoms with E-state index in [1.807, 2.05) is 6.08 Å². The predicted octanol–water partition coefficient (Wildman–Crippen LogP) is 10.2. The highest BCUT2D eigenvalue weighted by molar-refractivity contribution is 5.70. The molecule has 29 nitrogen and oxygen atoms in total. The van der Waals surface area contributed by atoms with E-state index in [9.17, 15) is 74.7 Å². The van der Waals surface area contributed by atoms with Crippen molar-refractivity contribution < 1.29 is 146 Å². The second-order valence-corrected chi connectivity index (χ2v) is 32.8. The molecule has 0 aromatic rings. The summed E-state index contributed by atoms with van der Waals surface area (Å²) in [6.07, 6.45) is 31.7. The number of hydrogen-bond donors (Lipinski definition) is 10. The van der Waals surface area contributed by atoms with Crippen LogP contribution in [0.1, 0.15) is 324 Å². The summed E-state index contributed by atoms with van der Waals surface area (Å²) in [5, 5.41) is 106. The molecule has 4 saturated heterocycles. The molecule has 0 aromatic carbocycles. The Labute approximate surface area is 726 Å². The van der Waals surface area contributed by atoms with E-state index in [1.165, 1.54) is 130 Å². The molecule has 0 amide bonds. The average molecular weight is 1750 g/mol. The van der Waals surface area contributed by atoms with Crippen LogP contribution >= 0.6 is 0 Å². The van der Waals surface area contributed by atoms with Crippen molar-refractivity contribution in [2.24, 2.45) is 0 Å². The Hall–Kier alpha value is -5.23. The first kappa shape index (κ1) is 113. The zero-order chi connectivity index (χ0) is 89.0. The number of rotatable bonds is 47. The molecule has 6 heterocycles. The van der Waals surface area contributed by atoms with E-state index in [2.05, 4.69) is 51.0 Å². The minimum Gasteiger partial charge on any atom is -1.00 e. The Morgan fingerprint density at radius 1 is 0.434 bits per heavy atom. The topological polar surface area (TPSA) is 425 Å². The molecule has 22 atom stereocenters. The van der Waals surface area contributed by atoms with Gasteiger partial charge in [0.15, 0.2) is 31.3 Å². The highest BCUT2D eigenvalue weighted by Gasteiger charge is 2.55. The third-order valence-electron chi connectivity index (χ3n) is 22.2. The van der Waals surface area contributed by atoms with E-state index < -0.39 is 184 Å². The summed E-state index contributed by atoms with van der Waals surface area (Å²) in [5.41, 5.74) is 0. The number of halogens is 1. The molecule has 0 spiro atoms. The van der Waals surface area contributed by atoms with Gasteiger partial charge in [0, 0.05) is 40.5 Å². The Balaban J connectivity index is 0.000000673. The Morgan fingerprint density at radius 3 is 1.34 bits per heavy atom. The zero-order valence-electron chi connectivity index (χ0n) is 74.1. The van der Waals surface area contributed by atoms with Gasteiger partial charge in [-0.15, -0.1) is 19.7 Å². The molecule has 0 saturated carbocycles. The van der Waals surface area contributed by atoms with Crippen molar-refractivity contribution in [2.45, 2.75) is 459 Å². The largest absolute Gasteiger partial charge is 1.00 e. The maximum Gasteiger partial charge on any atom is 0.306 e. The van der Waals surface area contributed by atoms with Crippen molar-refractivity contribution in [3.05, 3.63) is 62.3 Å². The van der Waals surface area contributed by atoms with Gasteiger partial charge in [0.05, 0.1) is 12.2 Å². The van der Waals surface area contributed by atoms with Crippen LogP contribution in [0.2, 0.25) is 0 Å². The maximum absolute atomic E-state index is 12.8. The number of unbranched alkanes of at least 4 members (excludes halogenated alkanes) is 26. The minimum absolute atomic E-state index is 0. The van der Waals surface area contributed by atoms with Gasteiger partial charge in [-0.05, 0) is 89.9 Å². The number of ether oxygens (including phenoxy) is 13. The molecule has 6 aliphatic heterocycles. The minimum atomic E-state index is -1.81. The van der Waals surface area contributed by atoms with Crippen molar-refractivity contribution in [1.29, 1.82) is 0 Å². The Morgan fingerprint density at radius 2 is 0.852 bits per heavy atom. The summed E-state index contributed by atoms with van der Waals surface area (Å²) < 4.78 is 73.1. The molecule has 30 heteroatoms. The number of fused-ring (bicyclic) bond motifs is 20. The third kappa shape index (κ3) is 49.2. The van der Waals surface area contributed by atoms with Crippen LogP contribution in [-0.2, 0) is 90.3 Å². The van der Waals surface area contributed by atoms with Crippen LogP contribution in [-0.4, -0.2) is 248 Å². The molecular formula is C92H158FO29-. The fraction of sp³-hybridized carbons (Fsp3) is 0.826. The summed E-state index contributed by atoms with van der Waals surface area (Å²) in [6, 6.07) is 0. The lowest BCUT2D eigenvalue weighted by molar-refractivity contribution is -0.370. The lowest BCUT2D eigenvalue weighted by atomic mass is 9.97. The Bertz CT molecular complexity index is 2820. The molecule has 4 fully saturated rings. The standard InChI is InChI=1S/C36H60O15.C36H58O14.C20H40.FH/c1-4-25(19-17-15-13-11-9-7-5-6-8-10-12-14-16-18-20-28(39)40)48-36-34(32(44)30(42)27(50-36)22-47-24(3)38)51-35-33(45)31(43)29(41)26(49-35)21-46-23(2)37;1-4-25-19-17-15-13-11-9-7-5-6-8-10-12-14-16-18-20-28(39)49-33-27(22-45-24(3)38)48-35(32(43)31(33)42)50-34-30(41)29(40)26(21-44-23(2)37)47-36(34)46-25;1-3-5-7-9-11-13-15-17-19-20-18-16-14-12-10-8-6-4-2;/h4-6,25-27,29-36,41-45H,1,7-22H2,2-3H3,(H,39,40);4-6,25-27,29-36,40-43H,1,7-22H2,2-3H3;3H,1,4-20H2,2H3;1H/p-1/b2*6-5-;;/t25?,26?,27?,29-,30-,31+,32+,33?,34?,35+,36-;25?,26?,27?,29-,30+,31-,32?,33-,34?,35+,36-;;/m11../s1. The van der Waals surface area contributed by atoms with Gasteiger partial charge < -0.3 is 117 Å².